The number of aliphatic hydroxyl groups excluding tert-OH is 1. The Bertz CT molecular complexity index is 1420. The van der Waals surface area contributed by atoms with Gasteiger partial charge in [0.1, 0.15) is 5.75 Å². The molecular formula is C30H34N6O2. The zero-order valence-corrected chi connectivity index (χ0v) is 21.7. The highest BCUT2D eigenvalue weighted by atomic mass is 16.5. The third-order valence-electron chi connectivity index (χ3n) is 7.56. The molecule has 38 heavy (non-hydrogen) atoms. The van der Waals surface area contributed by atoms with Crippen LogP contribution in [0.2, 0.25) is 0 Å². The zero-order chi connectivity index (χ0) is 25.9. The van der Waals surface area contributed by atoms with Crippen LogP contribution in [0.3, 0.4) is 0 Å². The number of nitrogens with zero attached hydrogens (tertiary/aromatic N) is 3. The molecule has 0 radical (unpaired) electrons. The molecule has 2 aliphatic rings. The van der Waals surface area contributed by atoms with Crippen LogP contribution in [0.25, 0.3) is 22.0 Å². The Balaban J connectivity index is 1.32. The van der Waals surface area contributed by atoms with E-state index < -0.39 is 0 Å². The van der Waals surface area contributed by atoms with Gasteiger partial charge < -0.3 is 25.8 Å². The minimum atomic E-state index is -0.316. The Kier molecular flexibility index (Phi) is 7.07. The molecule has 2 fully saturated rings. The standard InChI is InChI=1S/C30H34N6O2/c1-19-12-13-21-22(7-2-9-24(21)35-26-10-3-11-27(26)37)28(19)38-29-23(8-5-16-32-29)25-14-17-33-30(36-25)34-20-6-4-15-31-18-20/h2,5,7-9,12-14,16-17,20,26-27,31,35,37H,3-4,6,10-11,15,18H2,1H3,(H,33,34,36)/t20-,26?,27-/m0/s1. The van der Waals surface area contributed by atoms with Gasteiger partial charge in [-0.15, -0.1) is 0 Å². The van der Waals surface area contributed by atoms with Crippen molar-refractivity contribution < 1.29 is 9.84 Å². The van der Waals surface area contributed by atoms with Gasteiger partial charge in [0.25, 0.3) is 0 Å². The summed E-state index contributed by atoms with van der Waals surface area (Å²) >= 11 is 0. The Hall–Kier alpha value is -3.75. The van der Waals surface area contributed by atoms with Crippen molar-refractivity contribution in [2.45, 2.75) is 57.2 Å². The lowest BCUT2D eigenvalue weighted by molar-refractivity contribution is 0.172. The molecule has 4 aromatic rings. The van der Waals surface area contributed by atoms with Crippen LogP contribution in [0.5, 0.6) is 11.6 Å². The monoisotopic (exact) mass is 510 g/mol. The number of aryl methyl sites for hydroxylation is 1. The van der Waals surface area contributed by atoms with Gasteiger partial charge in [-0.2, -0.15) is 0 Å². The van der Waals surface area contributed by atoms with E-state index in [4.69, 9.17) is 9.72 Å². The number of aliphatic hydroxyl groups is 1. The van der Waals surface area contributed by atoms with Crippen LogP contribution < -0.4 is 20.7 Å². The Morgan fingerprint density at radius 2 is 1.87 bits per heavy atom. The van der Waals surface area contributed by atoms with Gasteiger partial charge in [0.15, 0.2) is 0 Å². The van der Waals surface area contributed by atoms with E-state index >= 15 is 0 Å². The number of rotatable bonds is 7. The summed E-state index contributed by atoms with van der Waals surface area (Å²) in [5.74, 6) is 1.87. The molecule has 0 amide bonds. The van der Waals surface area contributed by atoms with E-state index in [0.717, 1.165) is 84.2 Å². The fourth-order valence-electron chi connectivity index (χ4n) is 5.51. The number of benzene rings is 2. The van der Waals surface area contributed by atoms with Gasteiger partial charge in [0.2, 0.25) is 11.8 Å². The molecule has 1 aliphatic carbocycles. The molecule has 3 atom stereocenters. The quantitative estimate of drug-likeness (QED) is 0.266. The second-order valence-corrected chi connectivity index (χ2v) is 10.3. The molecule has 4 N–H and O–H groups in total. The number of hydrogen-bond acceptors (Lipinski definition) is 8. The van der Waals surface area contributed by atoms with Gasteiger partial charge in [-0.25, -0.2) is 15.0 Å². The van der Waals surface area contributed by atoms with E-state index in [9.17, 15) is 5.11 Å². The van der Waals surface area contributed by atoms with Crippen LogP contribution in [0.1, 0.15) is 37.7 Å². The van der Waals surface area contributed by atoms with E-state index in [2.05, 4.69) is 50.2 Å². The van der Waals surface area contributed by atoms with Crippen molar-refractivity contribution in [3.63, 3.8) is 0 Å². The van der Waals surface area contributed by atoms with E-state index in [1.54, 1.807) is 12.4 Å². The van der Waals surface area contributed by atoms with E-state index in [-0.39, 0.29) is 12.1 Å². The smallest absolute Gasteiger partial charge is 0.228 e. The largest absolute Gasteiger partial charge is 0.437 e. The van der Waals surface area contributed by atoms with Crippen molar-refractivity contribution in [3.05, 3.63) is 66.5 Å². The number of aromatic nitrogens is 3. The predicted octanol–water partition coefficient (Wildman–Crippen LogP) is 5.28. The van der Waals surface area contributed by atoms with Gasteiger partial charge in [-0.05, 0) is 75.4 Å². The average Bonchev–Trinajstić information content (AvgIpc) is 3.35. The SMILES string of the molecule is Cc1ccc2c(NC3CCC[C@@H]3O)cccc2c1Oc1ncccc1-c1ccnc(N[C@H]2CCCNC2)n1. The first-order valence-electron chi connectivity index (χ1n) is 13.6. The van der Waals surface area contributed by atoms with Gasteiger partial charge in [0, 0.05) is 41.4 Å². The van der Waals surface area contributed by atoms with Crippen molar-refractivity contribution in [2.75, 3.05) is 23.7 Å². The Morgan fingerprint density at radius 3 is 2.71 bits per heavy atom. The minimum absolute atomic E-state index is 0.0682. The summed E-state index contributed by atoms with van der Waals surface area (Å²) in [5, 5.41) is 22.9. The topological polar surface area (TPSA) is 104 Å². The second kappa shape index (κ2) is 10.9. The highest BCUT2D eigenvalue weighted by Crippen LogP contribution is 2.39. The predicted molar refractivity (Wildman–Crippen MR) is 151 cm³/mol. The van der Waals surface area contributed by atoms with Gasteiger partial charge >= 0.3 is 0 Å². The van der Waals surface area contributed by atoms with Crippen molar-refractivity contribution in [3.8, 4) is 22.9 Å². The first-order valence-corrected chi connectivity index (χ1v) is 13.6. The average molecular weight is 511 g/mol. The summed E-state index contributed by atoms with van der Waals surface area (Å²) in [6.07, 6.45) is 8.28. The molecule has 2 aromatic heterocycles. The van der Waals surface area contributed by atoms with Crippen LogP contribution >= 0.6 is 0 Å². The maximum atomic E-state index is 10.4. The summed E-state index contributed by atoms with van der Waals surface area (Å²) in [7, 11) is 0. The third-order valence-corrected chi connectivity index (χ3v) is 7.56. The van der Waals surface area contributed by atoms with Crippen LogP contribution in [-0.2, 0) is 0 Å². The van der Waals surface area contributed by atoms with E-state index in [0.29, 0.717) is 17.9 Å². The number of hydrogen-bond donors (Lipinski definition) is 4. The van der Waals surface area contributed by atoms with E-state index in [1.165, 1.54) is 0 Å². The summed E-state index contributed by atoms with van der Waals surface area (Å²) in [6.45, 7) is 4.01. The van der Waals surface area contributed by atoms with Gasteiger partial charge in [-0.3, -0.25) is 0 Å². The number of fused-ring (bicyclic) bond motifs is 1. The number of nitrogens with one attached hydrogen (secondary N) is 3. The lowest BCUT2D eigenvalue weighted by atomic mass is 10.0. The molecule has 196 valence electrons. The maximum absolute atomic E-state index is 10.4. The molecule has 6 rings (SSSR count). The lowest BCUT2D eigenvalue weighted by Gasteiger charge is -2.23. The summed E-state index contributed by atoms with van der Waals surface area (Å²) in [4.78, 5) is 13.8. The van der Waals surface area contributed by atoms with Crippen LogP contribution in [0.4, 0.5) is 11.6 Å². The molecule has 1 aliphatic heterocycles. The van der Waals surface area contributed by atoms with Crippen LogP contribution in [0, 0.1) is 6.92 Å². The second-order valence-electron chi connectivity index (χ2n) is 10.3. The molecule has 0 spiro atoms. The molecule has 2 aromatic carbocycles. The zero-order valence-electron chi connectivity index (χ0n) is 21.7. The summed E-state index contributed by atoms with van der Waals surface area (Å²) in [6, 6.07) is 16.5. The van der Waals surface area contributed by atoms with Crippen LogP contribution in [0.15, 0.2) is 60.9 Å². The maximum Gasteiger partial charge on any atom is 0.228 e. The normalized spacial score (nSPS) is 21.4. The molecule has 1 saturated heterocycles. The molecule has 0 bridgehead atoms. The molecule has 3 heterocycles. The number of piperidine rings is 1. The van der Waals surface area contributed by atoms with E-state index in [1.807, 2.05) is 31.2 Å². The molecule has 1 unspecified atom stereocenters. The van der Waals surface area contributed by atoms with Crippen molar-refractivity contribution in [2.24, 2.45) is 0 Å². The first-order chi connectivity index (χ1) is 18.7. The fraction of sp³-hybridized carbons (Fsp3) is 0.367. The van der Waals surface area contributed by atoms with Crippen molar-refractivity contribution >= 4 is 22.4 Å². The number of pyridine rings is 1. The molecular weight excluding hydrogens is 476 g/mol. The molecule has 1 saturated carbocycles. The van der Waals surface area contributed by atoms with Crippen molar-refractivity contribution in [1.82, 2.24) is 20.3 Å². The molecule has 8 heteroatoms. The fourth-order valence-corrected chi connectivity index (χ4v) is 5.51. The van der Waals surface area contributed by atoms with Crippen molar-refractivity contribution in [1.29, 1.82) is 0 Å². The highest BCUT2D eigenvalue weighted by molar-refractivity contribution is 5.98. The third kappa shape index (κ3) is 5.14. The Labute approximate surface area is 222 Å². The van der Waals surface area contributed by atoms with Gasteiger partial charge in [-0.1, -0.05) is 24.3 Å². The summed E-state index contributed by atoms with van der Waals surface area (Å²) < 4.78 is 6.56. The minimum Gasteiger partial charge on any atom is -0.437 e. The first kappa shape index (κ1) is 24.6. The summed E-state index contributed by atoms with van der Waals surface area (Å²) in [5.41, 5.74) is 3.58. The highest BCUT2D eigenvalue weighted by Gasteiger charge is 2.25. The van der Waals surface area contributed by atoms with Crippen LogP contribution in [-0.4, -0.2) is 51.3 Å². The van der Waals surface area contributed by atoms with Gasteiger partial charge in [0.05, 0.1) is 23.4 Å². The lowest BCUT2D eigenvalue weighted by Crippen LogP contribution is -2.38. The molecule has 8 nitrogen and oxygen atoms in total. The number of anilines is 2. The Morgan fingerprint density at radius 1 is 0.921 bits per heavy atom. The number of ether oxygens (including phenoxy) is 1.